The first-order valence-electron chi connectivity index (χ1n) is 8.36. The molecule has 4 heteroatoms. The molecule has 0 amide bonds. The summed E-state index contributed by atoms with van der Waals surface area (Å²) in [6.07, 6.45) is 5.38. The van der Waals surface area contributed by atoms with Gasteiger partial charge in [-0.1, -0.05) is 40.2 Å². The predicted molar refractivity (Wildman–Crippen MR) is 92.0 cm³/mol. The molecule has 0 rings (SSSR count). The van der Waals surface area contributed by atoms with Crippen molar-refractivity contribution in [2.45, 2.75) is 84.0 Å². The maximum absolute atomic E-state index is 11.8. The van der Waals surface area contributed by atoms with E-state index in [4.69, 9.17) is 9.16 Å². The van der Waals surface area contributed by atoms with Crippen LogP contribution in [0.15, 0.2) is 12.2 Å². The van der Waals surface area contributed by atoms with Gasteiger partial charge in [-0.3, -0.25) is 0 Å². The lowest BCUT2D eigenvalue weighted by Gasteiger charge is -2.29. The molecule has 0 aromatic heterocycles. The van der Waals surface area contributed by atoms with Crippen LogP contribution >= 0.6 is 0 Å². The Balaban J connectivity index is 4.57. The molecule has 0 aromatic rings. The van der Waals surface area contributed by atoms with Crippen molar-refractivity contribution < 1.29 is 14.0 Å². The summed E-state index contributed by atoms with van der Waals surface area (Å²) in [5, 5.41) is 0. The lowest BCUT2D eigenvalue weighted by molar-refractivity contribution is -0.144. The quantitative estimate of drug-likeness (QED) is 0.218. The molecule has 0 aliphatic heterocycles. The van der Waals surface area contributed by atoms with Gasteiger partial charge in [0.25, 0.3) is 0 Å². The van der Waals surface area contributed by atoms with Gasteiger partial charge in [0.15, 0.2) is 8.32 Å². The molecule has 1 atom stereocenters. The third-order valence-corrected chi connectivity index (χ3v) is 9.04. The van der Waals surface area contributed by atoms with Crippen LogP contribution in [0.25, 0.3) is 0 Å². The number of hydrogen-bond acceptors (Lipinski definition) is 3. The van der Waals surface area contributed by atoms with E-state index in [1.165, 1.54) is 12.8 Å². The van der Waals surface area contributed by atoms with Crippen molar-refractivity contribution in [2.75, 3.05) is 7.11 Å². The van der Waals surface area contributed by atoms with Gasteiger partial charge in [0.05, 0.1) is 0 Å². The third kappa shape index (κ3) is 7.81. The topological polar surface area (TPSA) is 35.5 Å². The summed E-state index contributed by atoms with van der Waals surface area (Å²) in [6, 6.07) is 3.31. The van der Waals surface area contributed by atoms with Gasteiger partial charge in [-0.05, 0) is 44.3 Å². The third-order valence-electron chi connectivity index (χ3n) is 4.40. The Morgan fingerprint density at radius 1 is 1.14 bits per heavy atom. The van der Waals surface area contributed by atoms with Gasteiger partial charge in [0.2, 0.25) is 0 Å². The lowest BCUT2D eigenvalue weighted by atomic mass is 10.1. The van der Waals surface area contributed by atoms with E-state index in [1.54, 1.807) is 6.92 Å². The van der Waals surface area contributed by atoms with Crippen molar-refractivity contribution in [3.8, 4) is 0 Å². The first kappa shape index (κ1) is 20.4. The van der Waals surface area contributed by atoms with Crippen LogP contribution in [0.4, 0.5) is 0 Å². The zero-order valence-electron chi connectivity index (χ0n) is 14.7. The van der Waals surface area contributed by atoms with Crippen LogP contribution in [0.2, 0.25) is 18.1 Å². The molecule has 0 aliphatic rings. The average molecular weight is 315 g/mol. The standard InChI is InChI=1S/C17H34O3Si/c1-7-10-11-12-16(20-17(18)15(4)5)13-14-21(8-2,9-3)19-6/h16H,4,7-14H2,1-3,5-6H3. The Bertz CT molecular complexity index is 303. The second-order valence-corrected chi connectivity index (χ2v) is 10.6. The number of carbonyl (C=O) groups is 1. The van der Waals surface area contributed by atoms with Crippen LogP contribution in [0.5, 0.6) is 0 Å². The molecule has 0 aromatic carbocycles. The van der Waals surface area contributed by atoms with Crippen LogP contribution in [0, 0.1) is 0 Å². The minimum absolute atomic E-state index is 0.0147. The highest BCUT2D eigenvalue weighted by atomic mass is 28.4. The molecule has 0 N–H and O–H groups in total. The van der Waals surface area contributed by atoms with Crippen molar-refractivity contribution >= 4 is 14.3 Å². The van der Waals surface area contributed by atoms with Crippen molar-refractivity contribution in [2.24, 2.45) is 0 Å². The highest BCUT2D eigenvalue weighted by Gasteiger charge is 2.31. The van der Waals surface area contributed by atoms with Crippen LogP contribution in [0.3, 0.4) is 0 Å². The van der Waals surface area contributed by atoms with E-state index in [9.17, 15) is 4.79 Å². The Morgan fingerprint density at radius 3 is 2.19 bits per heavy atom. The van der Waals surface area contributed by atoms with E-state index in [2.05, 4.69) is 27.4 Å². The summed E-state index contributed by atoms with van der Waals surface area (Å²) in [7, 11) is 0.219. The number of hydrogen-bond donors (Lipinski definition) is 0. The first-order valence-corrected chi connectivity index (χ1v) is 10.9. The molecular formula is C17H34O3Si. The van der Waals surface area contributed by atoms with Crippen LogP contribution in [-0.2, 0) is 14.0 Å². The predicted octanol–water partition coefficient (Wildman–Crippen LogP) is 5.08. The molecule has 0 aliphatic carbocycles. The van der Waals surface area contributed by atoms with Gasteiger partial charge in [-0.25, -0.2) is 4.79 Å². The summed E-state index contributed by atoms with van der Waals surface area (Å²) in [5.74, 6) is -0.255. The van der Waals surface area contributed by atoms with Crippen molar-refractivity contribution in [3.05, 3.63) is 12.2 Å². The molecule has 3 nitrogen and oxygen atoms in total. The summed E-state index contributed by atoms with van der Waals surface area (Å²) in [6.45, 7) is 12.0. The molecule has 0 saturated carbocycles. The van der Waals surface area contributed by atoms with E-state index in [0.29, 0.717) is 5.57 Å². The monoisotopic (exact) mass is 314 g/mol. The second kappa shape index (κ2) is 11.0. The zero-order valence-corrected chi connectivity index (χ0v) is 15.7. The number of unbranched alkanes of at least 4 members (excludes halogenated alkanes) is 2. The van der Waals surface area contributed by atoms with Gasteiger partial charge in [0, 0.05) is 12.7 Å². The molecule has 0 spiro atoms. The minimum atomic E-state index is -1.62. The summed E-state index contributed by atoms with van der Waals surface area (Å²) < 4.78 is 11.5. The number of ether oxygens (including phenoxy) is 1. The fourth-order valence-electron chi connectivity index (χ4n) is 2.55. The fourth-order valence-corrected chi connectivity index (χ4v) is 5.39. The first-order chi connectivity index (χ1) is 9.94. The van der Waals surface area contributed by atoms with Gasteiger partial charge in [-0.2, -0.15) is 0 Å². The van der Waals surface area contributed by atoms with Crippen LogP contribution < -0.4 is 0 Å². The largest absolute Gasteiger partial charge is 0.459 e. The molecule has 0 radical (unpaired) electrons. The van der Waals surface area contributed by atoms with Crippen molar-refractivity contribution in [1.82, 2.24) is 0 Å². The molecular weight excluding hydrogens is 280 g/mol. The molecule has 0 saturated heterocycles. The van der Waals surface area contributed by atoms with Gasteiger partial charge in [-0.15, -0.1) is 0 Å². The van der Waals surface area contributed by atoms with Gasteiger partial charge < -0.3 is 9.16 Å². The summed E-state index contributed by atoms with van der Waals surface area (Å²) >= 11 is 0. The summed E-state index contributed by atoms with van der Waals surface area (Å²) in [4.78, 5) is 11.8. The average Bonchev–Trinajstić information content (AvgIpc) is 2.48. The molecule has 0 heterocycles. The molecule has 124 valence electrons. The Hall–Kier alpha value is -0.613. The summed E-state index contributed by atoms with van der Waals surface area (Å²) in [5.41, 5.74) is 0.483. The van der Waals surface area contributed by atoms with E-state index in [0.717, 1.165) is 37.4 Å². The normalized spacial score (nSPS) is 13.0. The molecule has 1 unspecified atom stereocenters. The maximum atomic E-state index is 11.8. The highest BCUT2D eigenvalue weighted by Crippen LogP contribution is 2.26. The molecule has 0 bridgehead atoms. The fraction of sp³-hybridized carbons (Fsp3) is 0.824. The second-order valence-electron chi connectivity index (χ2n) is 5.94. The van der Waals surface area contributed by atoms with Crippen molar-refractivity contribution in [1.29, 1.82) is 0 Å². The van der Waals surface area contributed by atoms with E-state index >= 15 is 0 Å². The number of esters is 1. The Labute approximate surface area is 132 Å². The molecule has 0 fully saturated rings. The number of rotatable bonds is 12. The van der Waals surface area contributed by atoms with Crippen LogP contribution in [0.1, 0.15) is 59.8 Å². The smallest absolute Gasteiger partial charge is 0.333 e. The van der Waals surface area contributed by atoms with Crippen molar-refractivity contribution in [3.63, 3.8) is 0 Å². The Kier molecular flexibility index (Phi) is 10.7. The van der Waals surface area contributed by atoms with E-state index in [1.807, 2.05) is 7.11 Å². The number of carbonyl (C=O) groups excluding carboxylic acids is 1. The van der Waals surface area contributed by atoms with E-state index in [-0.39, 0.29) is 12.1 Å². The maximum Gasteiger partial charge on any atom is 0.333 e. The van der Waals surface area contributed by atoms with E-state index < -0.39 is 8.32 Å². The Morgan fingerprint density at radius 2 is 1.76 bits per heavy atom. The van der Waals surface area contributed by atoms with Crippen LogP contribution in [-0.4, -0.2) is 27.5 Å². The zero-order chi connectivity index (χ0) is 16.3. The van der Waals surface area contributed by atoms with Gasteiger partial charge >= 0.3 is 5.97 Å². The molecule has 21 heavy (non-hydrogen) atoms. The van der Waals surface area contributed by atoms with Gasteiger partial charge in [0.1, 0.15) is 6.10 Å². The lowest BCUT2D eigenvalue weighted by Crippen LogP contribution is -2.36. The highest BCUT2D eigenvalue weighted by molar-refractivity contribution is 6.73. The SMILES string of the molecule is C=C(C)C(=O)OC(CCCCC)CC[Si](CC)(CC)OC. The minimum Gasteiger partial charge on any atom is -0.459 e.